The third-order valence-corrected chi connectivity index (χ3v) is 3.39. The molecule has 2 aromatic rings. The number of aryl methyl sites for hydroxylation is 1. The zero-order valence-corrected chi connectivity index (χ0v) is 13.1. The van der Waals surface area contributed by atoms with Gasteiger partial charge in [-0.25, -0.2) is 4.98 Å². The molecule has 0 atom stereocenters. The molecule has 1 N–H and O–H groups in total. The average molecular weight is 305 g/mol. The Kier molecular flexibility index (Phi) is 4.44. The van der Waals surface area contributed by atoms with Crippen LogP contribution >= 0.6 is 0 Å². The molecule has 0 saturated heterocycles. The molecule has 0 aromatic carbocycles. The Morgan fingerprint density at radius 3 is 2.68 bits per heavy atom. The van der Waals surface area contributed by atoms with Gasteiger partial charge in [0.1, 0.15) is 0 Å². The van der Waals surface area contributed by atoms with Crippen LogP contribution < -0.4 is 0 Å². The third kappa shape index (κ3) is 3.08. The van der Waals surface area contributed by atoms with Crippen LogP contribution in [0, 0.1) is 6.92 Å². The van der Waals surface area contributed by atoms with Crippen molar-refractivity contribution in [1.82, 2.24) is 15.0 Å². The molecule has 0 spiro atoms. The molecule has 0 saturated carbocycles. The van der Waals surface area contributed by atoms with Gasteiger partial charge < -0.3 is 14.5 Å². The van der Waals surface area contributed by atoms with Gasteiger partial charge in [0.25, 0.3) is 11.6 Å². The van der Waals surface area contributed by atoms with E-state index >= 15 is 0 Å². The zero-order valence-electron chi connectivity index (χ0n) is 13.1. The summed E-state index contributed by atoms with van der Waals surface area (Å²) in [6.07, 6.45) is -0.101. The van der Waals surface area contributed by atoms with Crippen molar-refractivity contribution < 1.29 is 19.2 Å². The summed E-state index contributed by atoms with van der Waals surface area (Å²) < 4.78 is 5.23. The molecule has 118 valence electrons. The van der Waals surface area contributed by atoms with Crippen LogP contribution in [0.3, 0.4) is 0 Å². The van der Waals surface area contributed by atoms with Gasteiger partial charge in [-0.05, 0) is 18.9 Å². The number of carboxylic acids is 1. The van der Waals surface area contributed by atoms with Crippen molar-refractivity contribution in [3.63, 3.8) is 0 Å². The Morgan fingerprint density at radius 2 is 2.09 bits per heavy atom. The number of nitrogens with zero attached hydrogens (tertiary/aromatic N) is 3. The lowest BCUT2D eigenvalue weighted by atomic mass is 10.0. The highest BCUT2D eigenvalue weighted by Crippen LogP contribution is 2.28. The number of carbonyl (C=O) groups excluding carboxylic acids is 1. The quantitative estimate of drug-likeness (QED) is 0.909. The number of carbonyl (C=O) groups is 2. The SMILES string of the molecule is Cc1cc(C(=O)N(C)CCC(=O)O)c2c(C(C)C)noc2n1. The predicted octanol–water partition coefficient (Wildman–Crippen LogP) is 2.20. The minimum absolute atomic E-state index is 0.0848. The Balaban J connectivity index is 2.46. The fourth-order valence-corrected chi connectivity index (χ4v) is 2.23. The molecule has 0 aliphatic carbocycles. The summed E-state index contributed by atoms with van der Waals surface area (Å²) in [5, 5.41) is 13.4. The maximum absolute atomic E-state index is 12.6. The second-order valence-electron chi connectivity index (χ2n) is 5.58. The number of pyridine rings is 1. The Morgan fingerprint density at radius 1 is 1.41 bits per heavy atom. The zero-order chi connectivity index (χ0) is 16.4. The maximum atomic E-state index is 12.6. The molecule has 2 rings (SSSR count). The van der Waals surface area contributed by atoms with Gasteiger partial charge in [0.2, 0.25) is 0 Å². The number of rotatable bonds is 5. The third-order valence-electron chi connectivity index (χ3n) is 3.39. The van der Waals surface area contributed by atoms with Crippen LogP contribution in [-0.4, -0.2) is 45.6 Å². The predicted molar refractivity (Wildman–Crippen MR) is 79.8 cm³/mol. The molecule has 7 nitrogen and oxygen atoms in total. The van der Waals surface area contributed by atoms with Gasteiger partial charge in [-0.3, -0.25) is 9.59 Å². The normalized spacial score (nSPS) is 11.1. The van der Waals surface area contributed by atoms with Gasteiger partial charge in [0.15, 0.2) is 0 Å². The highest BCUT2D eigenvalue weighted by Gasteiger charge is 2.23. The Bertz CT molecular complexity index is 721. The fourth-order valence-electron chi connectivity index (χ4n) is 2.23. The summed E-state index contributed by atoms with van der Waals surface area (Å²) in [5.74, 6) is -1.12. The molecule has 2 aromatic heterocycles. The van der Waals surface area contributed by atoms with Gasteiger partial charge in [-0.15, -0.1) is 0 Å². The summed E-state index contributed by atoms with van der Waals surface area (Å²) in [7, 11) is 1.58. The van der Waals surface area contributed by atoms with Crippen LogP contribution in [-0.2, 0) is 4.79 Å². The van der Waals surface area contributed by atoms with Crippen molar-refractivity contribution in [1.29, 1.82) is 0 Å². The van der Waals surface area contributed by atoms with Crippen LogP contribution in [0.2, 0.25) is 0 Å². The first kappa shape index (κ1) is 15.9. The van der Waals surface area contributed by atoms with Crippen molar-refractivity contribution in [2.75, 3.05) is 13.6 Å². The Hall–Kier alpha value is -2.44. The molecular weight excluding hydrogens is 286 g/mol. The number of carboxylic acid groups (broad SMARTS) is 1. The molecule has 7 heteroatoms. The first-order valence-electron chi connectivity index (χ1n) is 7.05. The molecule has 0 radical (unpaired) electrons. The van der Waals surface area contributed by atoms with E-state index < -0.39 is 5.97 Å². The smallest absolute Gasteiger partial charge is 0.305 e. The first-order valence-corrected chi connectivity index (χ1v) is 7.05. The number of amides is 1. The van der Waals surface area contributed by atoms with Gasteiger partial charge in [-0.2, -0.15) is 0 Å². The van der Waals surface area contributed by atoms with Crippen LogP contribution in [0.1, 0.15) is 47.9 Å². The van der Waals surface area contributed by atoms with Crippen molar-refractivity contribution in [3.8, 4) is 0 Å². The minimum atomic E-state index is -0.941. The standard InChI is InChI=1S/C15H19N3O4/c1-8(2)13-12-10(7-9(3)16-14(12)22-17-13)15(21)18(4)6-5-11(19)20/h7-8H,5-6H2,1-4H3,(H,19,20). The van der Waals surface area contributed by atoms with Crippen LogP contribution in [0.4, 0.5) is 0 Å². The summed E-state index contributed by atoms with van der Waals surface area (Å²) in [6.45, 7) is 5.82. The van der Waals surface area contributed by atoms with Crippen molar-refractivity contribution >= 4 is 23.0 Å². The fraction of sp³-hybridized carbons (Fsp3) is 0.467. The highest BCUT2D eigenvalue weighted by atomic mass is 16.5. The van der Waals surface area contributed by atoms with Crippen molar-refractivity contribution in [2.24, 2.45) is 0 Å². The van der Waals surface area contributed by atoms with Gasteiger partial charge in [0.05, 0.1) is 23.1 Å². The minimum Gasteiger partial charge on any atom is -0.481 e. The van der Waals surface area contributed by atoms with E-state index in [0.29, 0.717) is 28.1 Å². The molecule has 1 amide bonds. The van der Waals surface area contributed by atoms with E-state index in [-0.39, 0.29) is 24.8 Å². The number of aliphatic carboxylic acids is 1. The summed E-state index contributed by atoms with van der Waals surface area (Å²) >= 11 is 0. The van der Waals surface area contributed by atoms with E-state index in [9.17, 15) is 9.59 Å². The lowest BCUT2D eigenvalue weighted by molar-refractivity contribution is -0.137. The monoisotopic (exact) mass is 305 g/mol. The van der Waals surface area contributed by atoms with E-state index in [1.807, 2.05) is 13.8 Å². The number of hydrogen-bond donors (Lipinski definition) is 1. The summed E-state index contributed by atoms with van der Waals surface area (Å²) in [5.41, 5.74) is 2.10. The molecule has 0 bridgehead atoms. The van der Waals surface area contributed by atoms with Crippen LogP contribution in [0.25, 0.3) is 11.1 Å². The van der Waals surface area contributed by atoms with Crippen molar-refractivity contribution in [3.05, 3.63) is 23.0 Å². The number of aromatic nitrogens is 2. The summed E-state index contributed by atoms with van der Waals surface area (Å²) in [4.78, 5) is 28.9. The molecule has 0 aliphatic rings. The van der Waals surface area contributed by atoms with Crippen molar-refractivity contribution in [2.45, 2.75) is 33.1 Å². The number of hydrogen-bond acceptors (Lipinski definition) is 5. The molecule has 22 heavy (non-hydrogen) atoms. The van der Waals surface area contributed by atoms with Gasteiger partial charge in [0, 0.05) is 19.3 Å². The maximum Gasteiger partial charge on any atom is 0.305 e. The largest absolute Gasteiger partial charge is 0.481 e. The van der Waals surface area contributed by atoms with Crippen LogP contribution in [0.15, 0.2) is 10.6 Å². The molecule has 0 aliphatic heterocycles. The topological polar surface area (TPSA) is 96.5 Å². The lowest BCUT2D eigenvalue weighted by Gasteiger charge is -2.17. The van der Waals surface area contributed by atoms with E-state index in [4.69, 9.17) is 9.63 Å². The average Bonchev–Trinajstić information content (AvgIpc) is 2.86. The molecule has 2 heterocycles. The van der Waals surface area contributed by atoms with Crippen LogP contribution in [0.5, 0.6) is 0 Å². The number of fused-ring (bicyclic) bond motifs is 1. The second kappa shape index (κ2) is 6.13. The van der Waals surface area contributed by atoms with E-state index in [0.717, 1.165) is 0 Å². The molecular formula is C15H19N3O4. The lowest BCUT2D eigenvalue weighted by Crippen LogP contribution is -2.29. The van der Waals surface area contributed by atoms with Gasteiger partial charge >= 0.3 is 5.97 Å². The second-order valence-corrected chi connectivity index (χ2v) is 5.58. The highest BCUT2D eigenvalue weighted by molar-refractivity contribution is 6.06. The van der Waals surface area contributed by atoms with Gasteiger partial charge in [-0.1, -0.05) is 19.0 Å². The van der Waals surface area contributed by atoms with E-state index in [1.165, 1.54) is 4.90 Å². The summed E-state index contributed by atoms with van der Waals surface area (Å²) in [6, 6.07) is 1.69. The van der Waals surface area contributed by atoms with E-state index in [1.54, 1.807) is 20.0 Å². The Labute approximate surface area is 127 Å². The van der Waals surface area contributed by atoms with E-state index in [2.05, 4.69) is 10.1 Å². The molecule has 0 unspecified atom stereocenters. The molecule has 0 fully saturated rings. The first-order chi connectivity index (χ1) is 10.3.